The van der Waals surface area contributed by atoms with Crippen LogP contribution in [-0.2, 0) is 4.74 Å². The number of benzene rings is 1. The summed E-state index contributed by atoms with van der Waals surface area (Å²) in [6.45, 7) is 10.7. The minimum atomic E-state index is -0.444. The third-order valence-electron chi connectivity index (χ3n) is 4.68. The molecule has 0 bridgehead atoms. The molecular weight excluding hydrogens is 286 g/mol. The second-order valence-electron chi connectivity index (χ2n) is 7.99. The molecule has 1 aliphatic carbocycles. The van der Waals surface area contributed by atoms with E-state index in [0.29, 0.717) is 12.5 Å². The van der Waals surface area contributed by atoms with Crippen LogP contribution in [0.5, 0.6) is 0 Å². The van der Waals surface area contributed by atoms with Crippen molar-refractivity contribution in [2.45, 2.75) is 71.8 Å². The highest BCUT2D eigenvalue weighted by atomic mass is 16.6. The number of hydrogen-bond donors (Lipinski definition) is 1. The summed E-state index contributed by atoms with van der Waals surface area (Å²) in [6, 6.07) is 8.83. The lowest BCUT2D eigenvalue weighted by atomic mass is 9.93. The first-order chi connectivity index (χ1) is 10.8. The van der Waals surface area contributed by atoms with Gasteiger partial charge in [0.25, 0.3) is 0 Å². The number of aryl methyl sites for hydroxylation is 1. The molecule has 23 heavy (non-hydrogen) atoms. The lowest BCUT2D eigenvalue weighted by Crippen LogP contribution is -2.36. The molecule has 0 aromatic heterocycles. The van der Waals surface area contributed by atoms with E-state index in [-0.39, 0.29) is 11.5 Å². The Labute approximate surface area is 140 Å². The van der Waals surface area contributed by atoms with Crippen molar-refractivity contribution >= 4 is 6.09 Å². The van der Waals surface area contributed by atoms with Crippen molar-refractivity contribution in [1.82, 2.24) is 5.32 Å². The van der Waals surface area contributed by atoms with Gasteiger partial charge in [0.15, 0.2) is 0 Å². The summed E-state index contributed by atoms with van der Waals surface area (Å²) < 4.78 is 5.37. The Balaban J connectivity index is 1.98. The van der Waals surface area contributed by atoms with Gasteiger partial charge in [0.1, 0.15) is 5.60 Å². The van der Waals surface area contributed by atoms with E-state index in [1.807, 2.05) is 20.8 Å². The first kappa shape index (κ1) is 17.8. The normalized spacial score (nSPS) is 23.4. The summed E-state index contributed by atoms with van der Waals surface area (Å²) in [5.74, 6) is 0.560. The smallest absolute Gasteiger partial charge is 0.407 e. The molecule has 2 rings (SSSR count). The molecular formula is C20H31NO2. The molecule has 0 unspecified atom stereocenters. The largest absolute Gasteiger partial charge is 0.444 e. The van der Waals surface area contributed by atoms with E-state index in [1.165, 1.54) is 24.0 Å². The third-order valence-corrected chi connectivity index (χ3v) is 4.68. The molecule has 0 saturated heterocycles. The van der Waals surface area contributed by atoms with Crippen LogP contribution in [-0.4, -0.2) is 18.2 Å². The van der Waals surface area contributed by atoms with Crippen molar-refractivity contribution in [1.29, 1.82) is 0 Å². The van der Waals surface area contributed by atoms with Gasteiger partial charge in [-0.25, -0.2) is 4.79 Å². The number of carbonyl (C=O) groups is 1. The topological polar surface area (TPSA) is 38.3 Å². The third kappa shape index (κ3) is 4.98. The van der Waals surface area contributed by atoms with Crippen molar-refractivity contribution < 1.29 is 9.53 Å². The van der Waals surface area contributed by atoms with Crippen LogP contribution in [0.1, 0.15) is 70.4 Å². The van der Waals surface area contributed by atoms with Crippen molar-refractivity contribution in [2.24, 2.45) is 5.41 Å². The number of ether oxygens (including phenoxy) is 1. The van der Waals surface area contributed by atoms with Gasteiger partial charge in [-0.1, -0.05) is 49.6 Å². The van der Waals surface area contributed by atoms with Gasteiger partial charge in [-0.15, -0.1) is 0 Å². The van der Waals surface area contributed by atoms with Crippen LogP contribution in [0, 0.1) is 12.3 Å². The summed E-state index contributed by atoms with van der Waals surface area (Å²) in [4.78, 5) is 12.0. The van der Waals surface area contributed by atoms with E-state index in [0.717, 1.165) is 12.8 Å². The van der Waals surface area contributed by atoms with Gasteiger partial charge < -0.3 is 10.1 Å². The zero-order valence-electron chi connectivity index (χ0n) is 15.2. The van der Waals surface area contributed by atoms with E-state index in [4.69, 9.17) is 4.74 Å². The lowest BCUT2D eigenvalue weighted by Gasteiger charge is -2.22. The van der Waals surface area contributed by atoms with Crippen molar-refractivity contribution in [3.63, 3.8) is 0 Å². The Kier molecular flexibility index (Phi) is 5.38. The molecule has 3 heteroatoms. The van der Waals surface area contributed by atoms with Crippen LogP contribution in [0.15, 0.2) is 24.3 Å². The fraction of sp³-hybridized carbons (Fsp3) is 0.650. The van der Waals surface area contributed by atoms with Crippen LogP contribution in [0.2, 0.25) is 0 Å². The van der Waals surface area contributed by atoms with Gasteiger partial charge >= 0.3 is 6.09 Å². The Morgan fingerprint density at radius 2 is 1.96 bits per heavy atom. The van der Waals surface area contributed by atoms with E-state index in [2.05, 4.69) is 43.4 Å². The number of hydrogen-bond acceptors (Lipinski definition) is 2. The molecule has 1 aromatic carbocycles. The standard InChI is InChI=1S/C20H31NO2/c1-6-7-12-20(14-21-18(22)23-19(3,4)5)13-17(20)16-10-8-15(2)9-11-16/h8-11,17H,6-7,12-14H2,1-5H3,(H,21,22)/t17-,20+/m1/s1. The first-order valence-electron chi connectivity index (χ1n) is 8.79. The molecule has 1 aromatic rings. The van der Waals surface area contributed by atoms with Crippen LogP contribution >= 0.6 is 0 Å². The highest BCUT2D eigenvalue weighted by Gasteiger charge is 2.53. The summed E-state index contributed by atoms with van der Waals surface area (Å²) in [5.41, 5.74) is 2.46. The second kappa shape index (κ2) is 6.94. The van der Waals surface area contributed by atoms with Crippen molar-refractivity contribution in [3.05, 3.63) is 35.4 Å². The zero-order chi connectivity index (χ0) is 17.1. The molecule has 0 spiro atoms. The van der Waals surface area contributed by atoms with E-state index in [9.17, 15) is 4.79 Å². The molecule has 1 fully saturated rings. The molecule has 0 radical (unpaired) electrons. The van der Waals surface area contributed by atoms with Crippen LogP contribution in [0.25, 0.3) is 0 Å². The number of unbranched alkanes of at least 4 members (excludes halogenated alkanes) is 1. The van der Waals surface area contributed by atoms with Crippen LogP contribution in [0.4, 0.5) is 4.79 Å². The Morgan fingerprint density at radius 3 is 2.52 bits per heavy atom. The Bertz CT molecular complexity index is 530. The van der Waals surface area contributed by atoms with E-state index >= 15 is 0 Å². The fourth-order valence-corrected chi connectivity index (χ4v) is 3.27. The van der Waals surface area contributed by atoms with Gasteiger partial charge in [0, 0.05) is 6.54 Å². The van der Waals surface area contributed by atoms with E-state index in [1.54, 1.807) is 0 Å². The molecule has 1 N–H and O–H groups in total. The minimum absolute atomic E-state index is 0.210. The van der Waals surface area contributed by atoms with E-state index < -0.39 is 5.60 Å². The average molecular weight is 317 g/mol. The second-order valence-corrected chi connectivity index (χ2v) is 7.99. The highest BCUT2D eigenvalue weighted by molar-refractivity contribution is 5.67. The Hall–Kier alpha value is -1.51. The predicted molar refractivity (Wildman–Crippen MR) is 94.7 cm³/mol. The van der Waals surface area contributed by atoms with Crippen LogP contribution in [0.3, 0.4) is 0 Å². The number of carbonyl (C=O) groups excluding carboxylic acids is 1. The first-order valence-corrected chi connectivity index (χ1v) is 8.79. The molecule has 1 amide bonds. The number of amides is 1. The Morgan fingerprint density at radius 1 is 1.30 bits per heavy atom. The van der Waals surface area contributed by atoms with Crippen LogP contribution < -0.4 is 5.32 Å². The summed E-state index contributed by atoms with van der Waals surface area (Å²) in [5, 5.41) is 3.00. The monoisotopic (exact) mass is 317 g/mol. The summed E-state index contributed by atoms with van der Waals surface area (Å²) in [6.07, 6.45) is 4.42. The maximum absolute atomic E-state index is 12.0. The SMILES string of the molecule is CCCC[C@@]1(CNC(=O)OC(C)(C)C)C[C@@H]1c1ccc(C)cc1. The van der Waals surface area contributed by atoms with Gasteiger partial charge in [-0.05, 0) is 57.4 Å². The fourth-order valence-electron chi connectivity index (χ4n) is 3.27. The quantitative estimate of drug-likeness (QED) is 0.784. The van der Waals surface area contributed by atoms with Gasteiger partial charge in [-0.2, -0.15) is 0 Å². The number of rotatable bonds is 6. The molecule has 0 aliphatic heterocycles. The predicted octanol–water partition coefficient (Wildman–Crippen LogP) is 5.18. The summed E-state index contributed by atoms with van der Waals surface area (Å²) in [7, 11) is 0. The molecule has 2 atom stereocenters. The minimum Gasteiger partial charge on any atom is -0.444 e. The molecule has 128 valence electrons. The molecule has 3 nitrogen and oxygen atoms in total. The highest BCUT2D eigenvalue weighted by Crippen LogP contribution is 2.61. The van der Waals surface area contributed by atoms with Gasteiger partial charge in [0.2, 0.25) is 0 Å². The average Bonchev–Trinajstić information content (AvgIpc) is 3.17. The molecule has 0 heterocycles. The molecule has 1 aliphatic rings. The summed E-state index contributed by atoms with van der Waals surface area (Å²) >= 11 is 0. The maximum Gasteiger partial charge on any atom is 0.407 e. The maximum atomic E-state index is 12.0. The van der Waals surface area contributed by atoms with Crippen molar-refractivity contribution in [3.8, 4) is 0 Å². The molecule has 1 saturated carbocycles. The van der Waals surface area contributed by atoms with Gasteiger partial charge in [-0.3, -0.25) is 0 Å². The lowest BCUT2D eigenvalue weighted by molar-refractivity contribution is 0.0514. The van der Waals surface area contributed by atoms with Gasteiger partial charge in [0.05, 0.1) is 0 Å². The number of nitrogens with one attached hydrogen (secondary N) is 1. The zero-order valence-corrected chi connectivity index (χ0v) is 15.2. The number of alkyl carbamates (subject to hydrolysis) is 1. The van der Waals surface area contributed by atoms with Crippen molar-refractivity contribution in [2.75, 3.05) is 6.54 Å².